The lowest BCUT2D eigenvalue weighted by Gasteiger charge is -2.29. The number of nitrogens with two attached hydrogens (primary N) is 1. The monoisotopic (exact) mass is 289 g/mol. The lowest BCUT2D eigenvalue weighted by Crippen LogP contribution is -2.38. The molecule has 3 N–H and O–H groups in total. The van der Waals surface area contributed by atoms with Gasteiger partial charge in [-0.15, -0.1) is 0 Å². The normalized spacial score (nSPS) is 16.3. The van der Waals surface area contributed by atoms with Crippen molar-refractivity contribution in [2.24, 2.45) is 11.7 Å². The Morgan fingerprint density at radius 2 is 2.05 bits per heavy atom. The van der Waals surface area contributed by atoms with E-state index in [-0.39, 0.29) is 17.4 Å². The van der Waals surface area contributed by atoms with Crippen LogP contribution < -0.4 is 10.6 Å². The number of fused-ring (bicyclic) bond motifs is 1. The number of anilines is 1. The highest BCUT2D eigenvalue weighted by atomic mass is 16.4. The average molecular weight is 289 g/mol. The van der Waals surface area contributed by atoms with Crippen molar-refractivity contribution in [3.05, 3.63) is 23.8 Å². The number of nitrogens with zero attached hydrogens (tertiary/aromatic N) is 2. The molecule has 1 aliphatic heterocycles. The van der Waals surface area contributed by atoms with E-state index >= 15 is 0 Å². The molecule has 0 bridgehead atoms. The molecule has 3 rings (SSSR count). The molecule has 7 heteroatoms. The first-order chi connectivity index (χ1) is 10.0. The van der Waals surface area contributed by atoms with Crippen LogP contribution in [0, 0.1) is 5.92 Å². The lowest BCUT2D eigenvalue weighted by molar-refractivity contribution is -0.122. The summed E-state index contributed by atoms with van der Waals surface area (Å²) in [6.45, 7) is 1.29. The Hall–Kier alpha value is -2.57. The van der Waals surface area contributed by atoms with Gasteiger partial charge < -0.3 is 20.2 Å². The number of carbonyl (C=O) groups excluding carboxylic acids is 1. The van der Waals surface area contributed by atoms with E-state index in [1.807, 2.05) is 4.90 Å². The van der Waals surface area contributed by atoms with E-state index < -0.39 is 5.97 Å². The summed E-state index contributed by atoms with van der Waals surface area (Å²) in [5.41, 5.74) is 6.53. The van der Waals surface area contributed by atoms with Crippen LogP contribution in [0.1, 0.15) is 23.2 Å². The highest BCUT2D eigenvalue weighted by Crippen LogP contribution is 2.26. The SMILES string of the molecule is NC(=O)C1CCN(c2nc3ccc(C(=O)O)cc3o2)CC1. The molecule has 1 aromatic carbocycles. The molecule has 1 aromatic heterocycles. The topological polar surface area (TPSA) is 110 Å². The van der Waals surface area contributed by atoms with Gasteiger partial charge in [0.1, 0.15) is 5.52 Å². The third-order valence-corrected chi connectivity index (χ3v) is 3.79. The van der Waals surface area contributed by atoms with Crippen LogP contribution in [-0.4, -0.2) is 35.1 Å². The number of aromatic nitrogens is 1. The van der Waals surface area contributed by atoms with Crippen LogP contribution in [0.5, 0.6) is 0 Å². The fourth-order valence-electron chi connectivity index (χ4n) is 2.54. The number of benzene rings is 1. The quantitative estimate of drug-likeness (QED) is 0.879. The van der Waals surface area contributed by atoms with E-state index in [9.17, 15) is 9.59 Å². The van der Waals surface area contributed by atoms with E-state index in [0.29, 0.717) is 43.0 Å². The zero-order chi connectivity index (χ0) is 15.0. The number of amides is 1. The third-order valence-electron chi connectivity index (χ3n) is 3.79. The molecule has 1 fully saturated rings. The summed E-state index contributed by atoms with van der Waals surface area (Å²) >= 11 is 0. The second kappa shape index (κ2) is 5.08. The molecule has 0 atom stereocenters. The molecule has 1 saturated heterocycles. The molecular formula is C14H15N3O4. The van der Waals surface area contributed by atoms with Crippen molar-refractivity contribution in [1.82, 2.24) is 4.98 Å². The first kappa shape index (κ1) is 13.4. The molecule has 21 heavy (non-hydrogen) atoms. The predicted octanol–water partition coefficient (Wildman–Crippen LogP) is 1.23. The van der Waals surface area contributed by atoms with E-state index in [1.54, 1.807) is 6.07 Å². The summed E-state index contributed by atoms with van der Waals surface area (Å²) < 4.78 is 5.63. The van der Waals surface area contributed by atoms with Crippen molar-refractivity contribution < 1.29 is 19.1 Å². The maximum atomic E-state index is 11.1. The Labute approximate surface area is 120 Å². The number of carbonyl (C=O) groups is 2. The minimum Gasteiger partial charge on any atom is -0.478 e. The van der Waals surface area contributed by atoms with Gasteiger partial charge in [0.2, 0.25) is 5.91 Å². The lowest BCUT2D eigenvalue weighted by atomic mass is 9.97. The number of rotatable bonds is 3. The molecule has 2 heterocycles. The maximum absolute atomic E-state index is 11.1. The van der Waals surface area contributed by atoms with E-state index in [2.05, 4.69) is 4.98 Å². The minimum atomic E-state index is -1.00. The molecule has 2 aromatic rings. The van der Waals surface area contributed by atoms with Gasteiger partial charge in [0.15, 0.2) is 5.58 Å². The minimum absolute atomic E-state index is 0.0933. The third kappa shape index (κ3) is 2.54. The molecule has 110 valence electrons. The Morgan fingerprint density at radius 3 is 2.67 bits per heavy atom. The van der Waals surface area contributed by atoms with Crippen LogP contribution in [0.4, 0.5) is 6.01 Å². The van der Waals surface area contributed by atoms with Gasteiger partial charge in [-0.05, 0) is 31.0 Å². The number of piperidine rings is 1. The molecular weight excluding hydrogens is 274 g/mol. The average Bonchev–Trinajstić information content (AvgIpc) is 2.90. The van der Waals surface area contributed by atoms with Gasteiger partial charge in [-0.3, -0.25) is 4.79 Å². The van der Waals surface area contributed by atoms with Gasteiger partial charge in [-0.2, -0.15) is 4.98 Å². The fourth-order valence-corrected chi connectivity index (χ4v) is 2.54. The van der Waals surface area contributed by atoms with Crippen molar-refractivity contribution in [3.63, 3.8) is 0 Å². The Kier molecular flexibility index (Phi) is 3.25. The van der Waals surface area contributed by atoms with Crippen molar-refractivity contribution in [2.45, 2.75) is 12.8 Å². The second-order valence-corrected chi connectivity index (χ2v) is 5.15. The summed E-state index contributed by atoms with van der Waals surface area (Å²) in [5, 5.41) is 8.96. The predicted molar refractivity (Wildman–Crippen MR) is 75.1 cm³/mol. The molecule has 0 aliphatic carbocycles. The standard InChI is InChI=1S/C14H15N3O4/c15-12(18)8-3-5-17(6-4-8)14-16-10-2-1-9(13(19)20)7-11(10)21-14/h1-2,7-8H,3-6H2,(H2,15,18)(H,19,20). The molecule has 0 spiro atoms. The fraction of sp³-hybridized carbons (Fsp3) is 0.357. The van der Waals surface area contributed by atoms with Crippen molar-refractivity contribution in [3.8, 4) is 0 Å². The molecule has 1 amide bonds. The van der Waals surface area contributed by atoms with Crippen LogP contribution in [0.25, 0.3) is 11.1 Å². The van der Waals surface area contributed by atoms with Crippen molar-refractivity contribution in [2.75, 3.05) is 18.0 Å². The van der Waals surface area contributed by atoms with Crippen molar-refractivity contribution in [1.29, 1.82) is 0 Å². The van der Waals surface area contributed by atoms with Crippen LogP contribution >= 0.6 is 0 Å². The van der Waals surface area contributed by atoms with Gasteiger partial charge in [0, 0.05) is 19.0 Å². The van der Waals surface area contributed by atoms with Crippen LogP contribution in [0.3, 0.4) is 0 Å². The number of aromatic carboxylic acids is 1. The van der Waals surface area contributed by atoms with Gasteiger partial charge in [-0.1, -0.05) is 0 Å². The van der Waals surface area contributed by atoms with Crippen molar-refractivity contribution >= 4 is 29.0 Å². The van der Waals surface area contributed by atoms with Gasteiger partial charge in [0.25, 0.3) is 6.01 Å². The number of carboxylic acids is 1. The number of carboxylic acid groups (broad SMARTS) is 1. The maximum Gasteiger partial charge on any atom is 0.335 e. The first-order valence-corrected chi connectivity index (χ1v) is 6.73. The zero-order valence-corrected chi connectivity index (χ0v) is 11.3. The number of primary amides is 1. The van der Waals surface area contributed by atoms with E-state index in [4.69, 9.17) is 15.3 Å². The molecule has 0 saturated carbocycles. The summed E-state index contributed by atoms with van der Waals surface area (Å²) in [7, 11) is 0. The van der Waals surface area contributed by atoms with Crippen LogP contribution in [0.2, 0.25) is 0 Å². The molecule has 7 nitrogen and oxygen atoms in total. The number of hydrogen-bond donors (Lipinski definition) is 2. The Bertz CT molecular complexity index is 701. The van der Waals surface area contributed by atoms with Gasteiger partial charge >= 0.3 is 5.97 Å². The van der Waals surface area contributed by atoms with E-state index in [1.165, 1.54) is 12.1 Å². The van der Waals surface area contributed by atoms with Crippen LogP contribution in [0.15, 0.2) is 22.6 Å². The number of oxazole rings is 1. The smallest absolute Gasteiger partial charge is 0.335 e. The molecule has 1 aliphatic rings. The van der Waals surface area contributed by atoms with Crippen LogP contribution in [-0.2, 0) is 4.79 Å². The first-order valence-electron chi connectivity index (χ1n) is 6.73. The summed E-state index contributed by atoms with van der Waals surface area (Å²) in [5.74, 6) is -1.36. The second-order valence-electron chi connectivity index (χ2n) is 5.15. The molecule has 0 unspecified atom stereocenters. The summed E-state index contributed by atoms with van der Waals surface area (Å²) in [6, 6.07) is 5.04. The number of hydrogen-bond acceptors (Lipinski definition) is 5. The van der Waals surface area contributed by atoms with Gasteiger partial charge in [-0.25, -0.2) is 4.79 Å². The largest absolute Gasteiger partial charge is 0.478 e. The Balaban J connectivity index is 1.82. The zero-order valence-electron chi connectivity index (χ0n) is 11.3. The highest BCUT2D eigenvalue weighted by molar-refractivity contribution is 5.92. The summed E-state index contributed by atoms with van der Waals surface area (Å²) in [6.07, 6.45) is 1.35. The summed E-state index contributed by atoms with van der Waals surface area (Å²) in [4.78, 5) is 28.4. The van der Waals surface area contributed by atoms with Gasteiger partial charge in [0.05, 0.1) is 5.56 Å². The van der Waals surface area contributed by atoms with E-state index in [0.717, 1.165) is 0 Å². The highest BCUT2D eigenvalue weighted by Gasteiger charge is 2.25. The Morgan fingerprint density at radius 1 is 1.33 bits per heavy atom. The molecule has 0 radical (unpaired) electrons.